The van der Waals surface area contributed by atoms with Gasteiger partial charge in [-0.05, 0) is 84.9 Å². The Labute approximate surface area is 202 Å². The second kappa shape index (κ2) is 6.94. The van der Waals surface area contributed by atoms with Crippen LogP contribution in [0, 0.1) is 0 Å². The summed E-state index contributed by atoms with van der Waals surface area (Å²) in [5, 5.41) is 10.2. The first-order valence-corrected chi connectivity index (χ1v) is 12.0. The Morgan fingerprint density at radius 2 is 1.09 bits per heavy atom. The lowest BCUT2D eigenvalue weighted by Crippen LogP contribution is -1.88. The van der Waals surface area contributed by atoms with Crippen LogP contribution in [0.1, 0.15) is 0 Å². The number of benzene rings is 7. The summed E-state index contributed by atoms with van der Waals surface area (Å²) in [7, 11) is 0. The molecule has 0 N–H and O–H groups in total. The van der Waals surface area contributed by atoms with E-state index in [4.69, 9.17) is 4.42 Å². The van der Waals surface area contributed by atoms with Crippen LogP contribution in [0.3, 0.4) is 0 Å². The predicted octanol–water partition coefficient (Wildman–Crippen LogP) is 9.82. The highest BCUT2D eigenvalue weighted by atomic mass is 16.3. The second-order valence-corrected chi connectivity index (χ2v) is 9.36. The van der Waals surface area contributed by atoms with Crippen LogP contribution in [0.15, 0.2) is 126 Å². The molecule has 162 valence electrons. The van der Waals surface area contributed by atoms with Crippen molar-refractivity contribution in [2.24, 2.45) is 0 Å². The molecule has 1 aromatic heterocycles. The standard InChI is InChI=1S/C34H20O/c1-2-6-21(7-3-1)26-18-24-11-10-22-12-15-27(29-16-13-25(19-26)33(24)34(22)29)23-14-17-32-30(20-23)28-8-4-5-9-31(28)35-32/h1-20H. The van der Waals surface area contributed by atoms with E-state index in [0.29, 0.717) is 0 Å². The van der Waals surface area contributed by atoms with E-state index >= 15 is 0 Å². The van der Waals surface area contributed by atoms with Gasteiger partial charge in [-0.15, -0.1) is 0 Å². The van der Waals surface area contributed by atoms with Crippen molar-refractivity contribution in [3.63, 3.8) is 0 Å². The summed E-state index contributed by atoms with van der Waals surface area (Å²) < 4.78 is 6.07. The molecule has 0 aliphatic carbocycles. The quantitative estimate of drug-likeness (QED) is 0.242. The molecule has 0 atom stereocenters. The first-order valence-electron chi connectivity index (χ1n) is 12.0. The number of hydrogen-bond acceptors (Lipinski definition) is 1. The zero-order valence-electron chi connectivity index (χ0n) is 19.0. The third-order valence-electron chi connectivity index (χ3n) is 7.39. The van der Waals surface area contributed by atoms with E-state index < -0.39 is 0 Å². The Kier molecular flexibility index (Phi) is 3.72. The molecule has 0 unspecified atom stereocenters. The monoisotopic (exact) mass is 444 g/mol. The van der Waals surface area contributed by atoms with E-state index in [1.807, 2.05) is 12.1 Å². The Balaban J connectivity index is 1.40. The molecule has 0 aliphatic rings. The lowest BCUT2D eigenvalue weighted by molar-refractivity contribution is 0.669. The minimum Gasteiger partial charge on any atom is -0.456 e. The molecule has 1 nitrogen and oxygen atoms in total. The van der Waals surface area contributed by atoms with Crippen LogP contribution in [0.2, 0.25) is 0 Å². The van der Waals surface area contributed by atoms with Crippen LogP contribution in [0.25, 0.3) is 76.5 Å². The molecule has 0 saturated heterocycles. The molecule has 0 aliphatic heterocycles. The largest absolute Gasteiger partial charge is 0.456 e. The third-order valence-corrected chi connectivity index (χ3v) is 7.39. The third kappa shape index (κ3) is 2.70. The van der Waals surface area contributed by atoms with Gasteiger partial charge in [0.1, 0.15) is 11.2 Å². The fourth-order valence-electron chi connectivity index (χ4n) is 5.76. The highest BCUT2D eigenvalue weighted by molar-refractivity contribution is 6.26. The summed E-state index contributed by atoms with van der Waals surface area (Å²) in [5.74, 6) is 0. The SMILES string of the molecule is c1ccc(-c2cc3ccc4ccc(-c5ccc6oc7ccccc7c6c5)c5ccc(c2)c3c45)cc1. The van der Waals surface area contributed by atoms with Crippen LogP contribution < -0.4 is 0 Å². The molecule has 1 heteroatoms. The van der Waals surface area contributed by atoms with Gasteiger partial charge in [0.05, 0.1) is 0 Å². The van der Waals surface area contributed by atoms with Crippen molar-refractivity contribution >= 4 is 54.3 Å². The molecule has 0 fully saturated rings. The van der Waals surface area contributed by atoms with Crippen molar-refractivity contribution in [3.8, 4) is 22.3 Å². The van der Waals surface area contributed by atoms with Crippen molar-refractivity contribution in [1.82, 2.24) is 0 Å². The van der Waals surface area contributed by atoms with E-state index in [2.05, 4.69) is 109 Å². The summed E-state index contributed by atoms with van der Waals surface area (Å²) >= 11 is 0. The maximum Gasteiger partial charge on any atom is 0.135 e. The molecule has 0 saturated carbocycles. The average Bonchev–Trinajstić information content (AvgIpc) is 3.30. The highest BCUT2D eigenvalue weighted by Crippen LogP contribution is 2.42. The van der Waals surface area contributed by atoms with Gasteiger partial charge in [0.25, 0.3) is 0 Å². The Hall–Kier alpha value is -4.62. The summed E-state index contributed by atoms with van der Waals surface area (Å²) in [6, 6.07) is 43.8. The predicted molar refractivity (Wildman–Crippen MR) is 148 cm³/mol. The topological polar surface area (TPSA) is 13.1 Å². The van der Waals surface area contributed by atoms with Gasteiger partial charge in [-0.2, -0.15) is 0 Å². The second-order valence-electron chi connectivity index (χ2n) is 9.36. The van der Waals surface area contributed by atoms with Gasteiger partial charge in [0.2, 0.25) is 0 Å². The van der Waals surface area contributed by atoms with Crippen LogP contribution in [0.4, 0.5) is 0 Å². The normalized spacial score (nSPS) is 12.0. The van der Waals surface area contributed by atoms with Crippen molar-refractivity contribution in [2.45, 2.75) is 0 Å². The van der Waals surface area contributed by atoms with Crippen LogP contribution in [0.5, 0.6) is 0 Å². The lowest BCUT2D eigenvalue weighted by Gasteiger charge is -2.15. The Morgan fingerprint density at radius 3 is 1.97 bits per heavy atom. The minimum atomic E-state index is 0.932. The van der Waals surface area contributed by atoms with E-state index in [0.717, 1.165) is 21.9 Å². The molecule has 0 radical (unpaired) electrons. The number of para-hydroxylation sites is 1. The Morgan fingerprint density at radius 1 is 0.371 bits per heavy atom. The summed E-state index contributed by atoms with van der Waals surface area (Å²) in [4.78, 5) is 0. The lowest BCUT2D eigenvalue weighted by atomic mass is 9.88. The van der Waals surface area contributed by atoms with Crippen LogP contribution in [-0.2, 0) is 0 Å². The molecule has 0 spiro atoms. The van der Waals surface area contributed by atoms with Crippen LogP contribution >= 0.6 is 0 Å². The van der Waals surface area contributed by atoms with Crippen molar-refractivity contribution in [1.29, 1.82) is 0 Å². The van der Waals surface area contributed by atoms with Crippen molar-refractivity contribution in [3.05, 3.63) is 121 Å². The first-order chi connectivity index (χ1) is 17.3. The van der Waals surface area contributed by atoms with Gasteiger partial charge in [0.15, 0.2) is 0 Å². The molecule has 8 aromatic rings. The van der Waals surface area contributed by atoms with E-state index in [1.54, 1.807) is 0 Å². The van der Waals surface area contributed by atoms with Crippen molar-refractivity contribution < 1.29 is 4.42 Å². The van der Waals surface area contributed by atoms with E-state index in [1.165, 1.54) is 54.6 Å². The molecular formula is C34H20O. The summed E-state index contributed by atoms with van der Waals surface area (Å²) in [6.07, 6.45) is 0. The van der Waals surface area contributed by atoms with E-state index in [-0.39, 0.29) is 0 Å². The van der Waals surface area contributed by atoms with Gasteiger partial charge < -0.3 is 4.42 Å². The smallest absolute Gasteiger partial charge is 0.135 e. The fraction of sp³-hybridized carbons (Fsp3) is 0. The Bertz CT molecular complexity index is 2020. The molecule has 7 aromatic carbocycles. The first kappa shape index (κ1) is 18.8. The van der Waals surface area contributed by atoms with Crippen LogP contribution in [-0.4, -0.2) is 0 Å². The highest BCUT2D eigenvalue weighted by Gasteiger charge is 2.15. The zero-order chi connectivity index (χ0) is 22.9. The van der Waals surface area contributed by atoms with Gasteiger partial charge >= 0.3 is 0 Å². The molecular weight excluding hydrogens is 424 g/mol. The van der Waals surface area contributed by atoms with Gasteiger partial charge in [-0.25, -0.2) is 0 Å². The zero-order valence-corrected chi connectivity index (χ0v) is 19.0. The van der Waals surface area contributed by atoms with Gasteiger partial charge in [-0.3, -0.25) is 0 Å². The maximum atomic E-state index is 6.07. The maximum absolute atomic E-state index is 6.07. The average molecular weight is 445 g/mol. The van der Waals surface area contributed by atoms with Gasteiger partial charge in [-0.1, -0.05) is 91.0 Å². The summed E-state index contributed by atoms with van der Waals surface area (Å²) in [5.41, 5.74) is 6.84. The molecule has 0 amide bonds. The minimum absolute atomic E-state index is 0.932. The molecule has 0 bridgehead atoms. The van der Waals surface area contributed by atoms with Gasteiger partial charge in [0, 0.05) is 10.8 Å². The number of fused-ring (bicyclic) bond motifs is 3. The van der Waals surface area contributed by atoms with E-state index in [9.17, 15) is 0 Å². The van der Waals surface area contributed by atoms with Crippen molar-refractivity contribution in [2.75, 3.05) is 0 Å². The summed E-state index contributed by atoms with van der Waals surface area (Å²) in [6.45, 7) is 0. The fourth-order valence-corrected chi connectivity index (χ4v) is 5.76. The number of hydrogen-bond donors (Lipinski definition) is 0. The molecule has 35 heavy (non-hydrogen) atoms. The molecule has 1 heterocycles. The molecule has 8 rings (SSSR count). The number of furan rings is 1. The number of rotatable bonds is 2.